The molecule has 0 spiro atoms. The molecule has 0 bridgehead atoms. The summed E-state index contributed by atoms with van der Waals surface area (Å²) in [6, 6.07) is 15.4. The second-order valence-corrected chi connectivity index (χ2v) is 7.55. The third kappa shape index (κ3) is 4.91. The van der Waals surface area contributed by atoms with Gasteiger partial charge in [-0.3, -0.25) is 4.90 Å². The average molecular weight is 366 g/mol. The lowest BCUT2D eigenvalue weighted by Gasteiger charge is -2.36. The van der Waals surface area contributed by atoms with Gasteiger partial charge in [-0.2, -0.15) is 5.26 Å². The molecular formula is C22H31N5. The Bertz CT molecular complexity index is 766. The van der Waals surface area contributed by atoms with Gasteiger partial charge < -0.3 is 14.8 Å². The Hall–Kier alpha value is -2.29. The molecule has 2 heterocycles. The molecule has 1 atom stereocenters. The molecule has 1 fully saturated rings. The molecule has 0 saturated carbocycles. The van der Waals surface area contributed by atoms with Crippen molar-refractivity contribution in [3.63, 3.8) is 0 Å². The van der Waals surface area contributed by atoms with E-state index in [0.29, 0.717) is 6.04 Å². The highest BCUT2D eigenvalue weighted by atomic mass is 15.3. The molecule has 27 heavy (non-hydrogen) atoms. The van der Waals surface area contributed by atoms with E-state index in [9.17, 15) is 0 Å². The van der Waals surface area contributed by atoms with Crippen LogP contribution in [0.1, 0.15) is 30.3 Å². The number of benzene rings is 1. The highest BCUT2D eigenvalue weighted by molar-refractivity contribution is 5.46. The van der Waals surface area contributed by atoms with Crippen LogP contribution in [0.2, 0.25) is 0 Å². The van der Waals surface area contributed by atoms with Gasteiger partial charge in [0.25, 0.3) is 0 Å². The van der Waals surface area contributed by atoms with Gasteiger partial charge in [0, 0.05) is 57.2 Å². The second-order valence-electron chi connectivity index (χ2n) is 7.55. The predicted molar refractivity (Wildman–Crippen MR) is 111 cm³/mol. The fourth-order valence-corrected chi connectivity index (χ4v) is 3.68. The monoisotopic (exact) mass is 365 g/mol. The number of anilines is 1. The van der Waals surface area contributed by atoms with E-state index < -0.39 is 0 Å². The standard InChI is InChI=1S/C22H31N5/c1-18(24-17-20-15-22(16-23)25(3)19(20)2)9-10-26-11-13-27(14-12-26)21-7-5-4-6-8-21/h4-8,15,18,24H,9-14,17H2,1-3H3/t18-/m1/s1. The molecular weight excluding hydrogens is 334 g/mol. The molecule has 1 saturated heterocycles. The van der Waals surface area contributed by atoms with Gasteiger partial charge in [-0.25, -0.2) is 0 Å². The number of nitrogens with one attached hydrogen (secondary N) is 1. The molecule has 0 aliphatic carbocycles. The lowest BCUT2D eigenvalue weighted by molar-refractivity contribution is 0.244. The number of nitrogens with zero attached hydrogens (tertiary/aromatic N) is 4. The van der Waals surface area contributed by atoms with Gasteiger partial charge in [-0.05, 0) is 50.6 Å². The fourth-order valence-electron chi connectivity index (χ4n) is 3.68. The first-order valence-electron chi connectivity index (χ1n) is 9.89. The number of piperazine rings is 1. The second kappa shape index (κ2) is 9.07. The van der Waals surface area contributed by atoms with Crippen molar-refractivity contribution in [3.05, 3.63) is 53.3 Å². The summed E-state index contributed by atoms with van der Waals surface area (Å²) in [7, 11) is 1.95. The van der Waals surface area contributed by atoms with E-state index in [-0.39, 0.29) is 0 Å². The average Bonchev–Trinajstić information content (AvgIpc) is 2.99. The van der Waals surface area contributed by atoms with Crippen LogP contribution in [0.5, 0.6) is 0 Å². The van der Waals surface area contributed by atoms with Gasteiger partial charge >= 0.3 is 0 Å². The third-order valence-corrected chi connectivity index (χ3v) is 5.77. The molecule has 1 aliphatic heterocycles. The lowest BCUT2D eigenvalue weighted by Crippen LogP contribution is -2.47. The number of nitriles is 1. The van der Waals surface area contributed by atoms with Gasteiger partial charge in [-0.15, -0.1) is 0 Å². The minimum atomic E-state index is 0.460. The van der Waals surface area contributed by atoms with Gasteiger partial charge in [0.15, 0.2) is 0 Å². The van der Waals surface area contributed by atoms with Crippen LogP contribution in [0.15, 0.2) is 36.4 Å². The Morgan fingerprint density at radius 1 is 1.15 bits per heavy atom. The largest absolute Gasteiger partial charge is 0.369 e. The summed E-state index contributed by atoms with van der Waals surface area (Å²) in [6.07, 6.45) is 1.14. The van der Waals surface area contributed by atoms with E-state index in [0.717, 1.165) is 51.4 Å². The molecule has 1 aromatic heterocycles. The van der Waals surface area contributed by atoms with Crippen LogP contribution in [0, 0.1) is 18.3 Å². The molecule has 1 aliphatic rings. The van der Waals surface area contributed by atoms with Crippen molar-refractivity contribution in [1.29, 1.82) is 5.26 Å². The summed E-state index contributed by atoms with van der Waals surface area (Å²) in [6.45, 7) is 10.8. The number of hydrogen-bond acceptors (Lipinski definition) is 4. The summed E-state index contributed by atoms with van der Waals surface area (Å²) >= 11 is 0. The Morgan fingerprint density at radius 3 is 2.48 bits per heavy atom. The maximum Gasteiger partial charge on any atom is 0.120 e. The number of hydrogen-bond donors (Lipinski definition) is 1. The number of rotatable bonds is 7. The maximum atomic E-state index is 9.15. The highest BCUT2D eigenvalue weighted by Gasteiger charge is 2.17. The molecule has 1 aromatic carbocycles. The van der Waals surface area contributed by atoms with Crippen molar-refractivity contribution in [2.75, 3.05) is 37.6 Å². The van der Waals surface area contributed by atoms with Crippen LogP contribution in [-0.4, -0.2) is 48.2 Å². The molecule has 5 nitrogen and oxygen atoms in total. The Balaban J connectivity index is 1.39. The zero-order chi connectivity index (χ0) is 19.2. The summed E-state index contributed by atoms with van der Waals surface area (Å²) in [5, 5.41) is 12.8. The molecule has 0 amide bonds. The number of aromatic nitrogens is 1. The van der Waals surface area contributed by atoms with Crippen LogP contribution >= 0.6 is 0 Å². The molecule has 0 unspecified atom stereocenters. The normalized spacial score (nSPS) is 16.3. The van der Waals surface area contributed by atoms with Crippen LogP contribution < -0.4 is 10.2 Å². The quantitative estimate of drug-likeness (QED) is 0.820. The third-order valence-electron chi connectivity index (χ3n) is 5.77. The zero-order valence-corrected chi connectivity index (χ0v) is 16.8. The van der Waals surface area contributed by atoms with Gasteiger partial charge in [-0.1, -0.05) is 18.2 Å². The lowest BCUT2D eigenvalue weighted by atomic mass is 10.1. The predicted octanol–water partition coefficient (Wildman–Crippen LogP) is 2.90. The van der Waals surface area contributed by atoms with Crippen LogP contribution in [0.25, 0.3) is 0 Å². The van der Waals surface area contributed by atoms with E-state index in [1.54, 1.807) is 0 Å². The molecule has 0 radical (unpaired) electrons. The van der Waals surface area contributed by atoms with E-state index in [1.165, 1.54) is 16.9 Å². The van der Waals surface area contributed by atoms with Crippen molar-refractivity contribution >= 4 is 5.69 Å². The first kappa shape index (κ1) is 19.5. The van der Waals surface area contributed by atoms with E-state index in [2.05, 4.69) is 65.4 Å². The Kier molecular flexibility index (Phi) is 6.54. The zero-order valence-electron chi connectivity index (χ0n) is 16.8. The Labute approximate surface area is 163 Å². The van der Waals surface area contributed by atoms with Gasteiger partial charge in [0.2, 0.25) is 0 Å². The highest BCUT2D eigenvalue weighted by Crippen LogP contribution is 2.16. The summed E-state index contributed by atoms with van der Waals surface area (Å²) in [5.74, 6) is 0. The van der Waals surface area contributed by atoms with Crippen molar-refractivity contribution < 1.29 is 0 Å². The number of para-hydroxylation sites is 1. The topological polar surface area (TPSA) is 47.2 Å². The minimum absolute atomic E-state index is 0.460. The van der Waals surface area contributed by atoms with Gasteiger partial charge in [0.1, 0.15) is 11.8 Å². The molecule has 5 heteroatoms. The van der Waals surface area contributed by atoms with Crippen LogP contribution in [-0.2, 0) is 13.6 Å². The SMILES string of the molecule is Cc1c(CN[C@H](C)CCN2CCN(c3ccccc3)CC2)cc(C#N)n1C. The first-order valence-corrected chi connectivity index (χ1v) is 9.89. The van der Waals surface area contributed by atoms with Crippen molar-refractivity contribution in [1.82, 2.24) is 14.8 Å². The van der Waals surface area contributed by atoms with Crippen molar-refractivity contribution in [2.45, 2.75) is 32.9 Å². The van der Waals surface area contributed by atoms with Crippen LogP contribution in [0.4, 0.5) is 5.69 Å². The van der Waals surface area contributed by atoms with Crippen molar-refractivity contribution in [3.8, 4) is 6.07 Å². The smallest absolute Gasteiger partial charge is 0.120 e. The Morgan fingerprint density at radius 2 is 1.85 bits per heavy atom. The summed E-state index contributed by atoms with van der Waals surface area (Å²) in [4.78, 5) is 5.04. The summed E-state index contributed by atoms with van der Waals surface area (Å²) < 4.78 is 1.97. The molecule has 1 N–H and O–H groups in total. The maximum absolute atomic E-state index is 9.15. The van der Waals surface area contributed by atoms with E-state index in [1.807, 2.05) is 17.7 Å². The molecule has 3 rings (SSSR count). The van der Waals surface area contributed by atoms with E-state index >= 15 is 0 Å². The molecule has 144 valence electrons. The molecule has 2 aromatic rings. The van der Waals surface area contributed by atoms with Crippen LogP contribution in [0.3, 0.4) is 0 Å². The van der Waals surface area contributed by atoms with Crippen molar-refractivity contribution in [2.24, 2.45) is 7.05 Å². The van der Waals surface area contributed by atoms with Gasteiger partial charge in [0.05, 0.1) is 0 Å². The first-order chi connectivity index (χ1) is 13.1. The minimum Gasteiger partial charge on any atom is -0.369 e. The fraction of sp³-hybridized carbons (Fsp3) is 0.500. The summed E-state index contributed by atoms with van der Waals surface area (Å²) in [5.41, 5.74) is 4.45. The van der Waals surface area contributed by atoms with E-state index in [4.69, 9.17) is 5.26 Å².